The molecule has 6 nitrogen and oxygen atoms in total. The van der Waals surface area contributed by atoms with Gasteiger partial charge >= 0.3 is 6.09 Å². The molecule has 0 aliphatic rings. The number of hydrogen-bond acceptors (Lipinski definition) is 4. The van der Waals surface area contributed by atoms with E-state index in [0.29, 0.717) is 24.4 Å². The molecule has 0 bridgehead atoms. The minimum Gasteiger partial charge on any atom is -0.484 e. The molecule has 0 aromatic heterocycles. The second-order valence-corrected chi connectivity index (χ2v) is 5.39. The van der Waals surface area contributed by atoms with Gasteiger partial charge < -0.3 is 14.8 Å². The van der Waals surface area contributed by atoms with E-state index >= 15 is 0 Å². The van der Waals surface area contributed by atoms with Gasteiger partial charge in [0.1, 0.15) is 11.6 Å². The van der Waals surface area contributed by atoms with Crippen LogP contribution in [0.3, 0.4) is 0 Å². The van der Waals surface area contributed by atoms with Crippen molar-refractivity contribution in [1.82, 2.24) is 5.32 Å². The Balaban J connectivity index is 1.73. The fourth-order valence-electron chi connectivity index (χ4n) is 2.15. The van der Waals surface area contributed by atoms with E-state index in [1.165, 1.54) is 12.1 Å². The van der Waals surface area contributed by atoms with Gasteiger partial charge in [-0.1, -0.05) is 18.2 Å². The normalized spacial score (nSPS) is 10.1. The Morgan fingerprint density at radius 1 is 1.12 bits per heavy atom. The first-order valence-electron chi connectivity index (χ1n) is 8.24. The van der Waals surface area contributed by atoms with Crippen LogP contribution in [-0.4, -0.2) is 31.8 Å². The molecule has 0 heterocycles. The summed E-state index contributed by atoms with van der Waals surface area (Å²) in [6, 6.07) is 12.8. The van der Waals surface area contributed by atoms with Crippen molar-refractivity contribution in [2.24, 2.45) is 0 Å². The Labute approximate surface area is 151 Å². The second kappa shape index (κ2) is 10.0. The van der Waals surface area contributed by atoms with Crippen LogP contribution in [0.25, 0.3) is 0 Å². The Hall–Kier alpha value is -3.09. The molecule has 0 atom stereocenters. The largest absolute Gasteiger partial charge is 0.484 e. The van der Waals surface area contributed by atoms with Crippen LogP contribution >= 0.6 is 0 Å². The van der Waals surface area contributed by atoms with Crippen LogP contribution in [0.4, 0.5) is 14.9 Å². The molecule has 2 amide bonds. The van der Waals surface area contributed by atoms with Crippen molar-refractivity contribution in [1.29, 1.82) is 0 Å². The number of benzene rings is 2. The van der Waals surface area contributed by atoms with E-state index in [4.69, 9.17) is 9.47 Å². The highest BCUT2D eigenvalue weighted by Crippen LogP contribution is 2.17. The molecular formula is C19H21FN2O4. The molecule has 0 aliphatic heterocycles. The predicted octanol–water partition coefficient (Wildman–Crippen LogP) is 3.13. The monoisotopic (exact) mass is 360 g/mol. The molecule has 2 aromatic carbocycles. The highest BCUT2D eigenvalue weighted by Gasteiger charge is 2.05. The van der Waals surface area contributed by atoms with Gasteiger partial charge in [0.25, 0.3) is 5.91 Å². The minimum absolute atomic E-state index is 0.147. The zero-order valence-electron chi connectivity index (χ0n) is 14.5. The van der Waals surface area contributed by atoms with Crippen LogP contribution in [-0.2, 0) is 16.0 Å². The van der Waals surface area contributed by atoms with Crippen molar-refractivity contribution in [3.8, 4) is 5.75 Å². The number of carbonyl (C=O) groups excluding carboxylic acids is 2. The van der Waals surface area contributed by atoms with Gasteiger partial charge in [0.15, 0.2) is 6.61 Å². The third-order valence-electron chi connectivity index (χ3n) is 3.37. The fraction of sp³-hybridized carbons (Fsp3) is 0.263. The number of hydrogen-bond donors (Lipinski definition) is 2. The number of anilines is 1. The summed E-state index contributed by atoms with van der Waals surface area (Å²) < 4.78 is 23.0. The molecule has 2 N–H and O–H groups in total. The Kier molecular flexibility index (Phi) is 7.42. The molecule has 0 unspecified atom stereocenters. The number of halogens is 1. The van der Waals surface area contributed by atoms with Gasteiger partial charge in [0, 0.05) is 18.3 Å². The van der Waals surface area contributed by atoms with Gasteiger partial charge in [-0.3, -0.25) is 10.1 Å². The number of amides is 2. The number of carbonyl (C=O) groups is 2. The maximum Gasteiger partial charge on any atom is 0.411 e. The zero-order valence-corrected chi connectivity index (χ0v) is 14.5. The van der Waals surface area contributed by atoms with Crippen LogP contribution in [0, 0.1) is 5.82 Å². The molecule has 0 saturated carbocycles. The Morgan fingerprint density at radius 3 is 2.62 bits per heavy atom. The molecule has 0 fully saturated rings. The molecule has 0 spiro atoms. The summed E-state index contributed by atoms with van der Waals surface area (Å²) in [5.41, 5.74) is 1.45. The molecule has 2 rings (SSSR count). The topological polar surface area (TPSA) is 76.7 Å². The van der Waals surface area contributed by atoms with E-state index < -0.39 is 6.09 Å². The van der Waals surface area contributed by atoms with Crippen LogP contribution < -0.4 is 15.4 Å². The fourth-order valence-corrected chi connectivity index (χ4v) is 2.15. The van der Waals surface area contributed by atoms with Crippen molar-refractivity contribution in [3.63, 3.8) is 0 Å². The lowest BCUT2D eigenvalue weighted by molar-refractivity contribution is -0.123. The predicted molar refractivity (Wildman–Crippen MR) is 95.7 cm³/mol. The second-order valence-electron chi connectivity index (χ2n) is 5.39. The van der Waals surface area contributed by atoms with E-state index in [-0.39, 0.29) is 24.9 Å². The smallest absolute Gasteiger partial charge is 0.411 e. The van der Waals surface area contributed by atoms with Crippen LogP contribution in [0.1, 0.15) is 12.5 Å². The lowest BCUT2D eigenvalue weighted by atomic mass is 10.1. The summed E-state index contributed by atoms with van der Waals surface area (Å²) in [5, 5.41) is 5.29. The van der Waals surface area contributed by atoms with Crippen molar-refractivity contribution >= 4 is 17.7 Å². The maximum atomic E-state index is 12.8. The molecular weight excluding hydrogens is 339 g/mol. The van der Waals surface area contributed by atoms with Crippen molar-refractivity contribution in [3.05, 3.63) is 59.9 Å². The summed E-state index contributed by atoms with van der Waals surface area (Å²) in [7, 11) is 0. The number of rotatable bonds is 8. The van der Waals surface area contributed by atoms with Gasteiger partial charge in [-0.15, -0.1) is 0 Å². The molecule has 138 valence electrons. The first kappa shape index (κ1) is 19.2. The number of ether oxygens (including phenoxy) is 2. The van der Waals surface area contributed by atoms with Crippen LogP contribution in [0.2, 0.25) is 0 Å². The van der Waals surface area contributed by atoms with Gasteiger partial charge in [-0.2, -0.15) is 0 Å². The number of nitrogens with one attached hydrogen (secondary N) is 2. The standard InChI is InChI=1S/C19H21FN2O4/c1-2-25-19(24)22-16-4-3-5-17(12-16)26-13-18(23)21-11-10-14-6-8-15(20)9-7-14/h3-9,12H,2,10-11,13H2,1H3,(H,21,23)(H,22,24). The van der Waals surface area contributed by atoms with E-state index in [2.05, 4.69) is 10.6 Å². The first-order chi connectivity index (χ1) is 12.6. The summed E-state index contributed by atoms with van der Waals surface area (Å²) in [6.07, 6.45) is 0.0495. The van der Waals surface area contributed by atoms with E-state index in [1.54, 1.807) is 43.3 Å². The third-order valence-corrected chi connectivity index (χ3v) is 3.37. The summed E-state index contributed by atoms with van der Waals surface area (Å²) in [5.74, 6) is -0.102. The highest BCUT2D eigenvalue weighted by atomic mass is 19.1. The molecule has 0 radical (unpaired) electrons. The quantitative estimate of drug-likeness (QED) is 0.758. The summed E-state index contributed by atoms with van der Waals surface area (Å²) in [4.78, 5) is 23.2. The highest BCUT2D eigenvalue weighted by molar-refractivity contribution is 5.84. The lowest BCUT2D eigenvalue weighted by Gasteiger charge is -2.10. The van der Waals surface area contributed by atoms with Crippen LogP contribution in [0.15, 0.2) is 48.5 Å². The summed E-state index contributed by atoms with van der Waals surface area (Å²) >= 11 is 0. The van der Waals surface area contributed by atoms with E-state index in [0.717, 1.165) is 5.56 Å². The first-order valence-corrected chi connectivity index (χ1v) is 8.24. The van der Waals surface area contributed by atoms with E-state index in [1.807, 2.05) is 0 Å². The van der Waals surface area contributed by atoms with Gasteiger partial charge in [0.2, 0.25) is 0 Å². The average molecular weight is 360 g/mol. The maximum absolute atomic E-state index is 12.8. The molecule has 2 aromatic rings. The molecule has 0 aliphatic carbocycles. The molecule has 26 heavy (non-hydrogen) atoms. The van der Waals surface area contributed by atoms with Crippen molar-refractivity contribution in [2.75, 3.05) is 25.1 Å². The lowest BCUT2D eigenvalue weighted by Crippen LogP contribution is -2.30. The Morgan fingerprint density at radius 2 is 1.88 bits per heavy atom. The molecule has 0 saturated heterocycles. The van der Waals surface area contributed by atoms with Gasteiger partial charge in [-0.05, 0) is 43.2 Å². The van der Waals surface area contributed by atoms with Crippen LogP contribution in [0.5, 0.6) is 5.75 Å². The zero-order chi connectivity index (χ0) is 18.8. The molecule has 7 heteroatoms. The third kappa shape index (κ3) is 6.80. The van der Waals surface area contributed by atoms with Gasteiger partial charge in [-0.25, -0.2) is 9.18 Å². The minimum atomic E-state index is -0.553. The van der Waals surface area contributed by atoms with Gasteiger partial charge in [0.05, 0.1) is 6.61 Å². The van der Waals surface area contributed by atoms with E-state index in [9.17, 15) is 14.0 Å². The SMILES string of the molecule is CCOC(=O)Nc1cccc(OCC(=O)NCCc2ccc(F)cc2)c1. The summed E-state index contributed by atoms with van der Waals surface area (Å²) in [6.45, 7) is 2.28. The van der Waals surface area contributed by atoms with Crippen molar-refractivity contribution in [2.45, 2.75) is 13.3 Å². The Bertz CT molecular complexity index is 735. The van der Waals surface area contributed by atoms with Crippen molar-refractivity contribution < 1.29 is 23.5 Å². The average Bonchev–Trinajstić information content (AvgIpc) is 2.62.